The minimum Gasteiger partial charge on any atom is -0.482 e. The molecule has 6 heteroatoms. The van der Waals surface area contributed by atoms with E-state index in [0.717, 1.165) is 20.2 Å². The molecule has 4 aromatic rings. The highest BCUT2D eigenvalue weighted by Crippen LogP contribution is 2.32. The van der Waals surface area contributed by atoms with Gasteiger partial charge in [0.05, 0.1) is 10.9 Å². The second-order valence-electron chi connectivity index (χ2n) is 8.24. The van der Waals surface area contributed by atoms with Crippen molar-refractivity contribution in [2.24, 2.45) is 0 Å². The number of carbonyl (C=O) groups is 1. The zero-order valence-electron chi connectivity index (χ0n) is 20.5. The van der Waals surface area contributed by atoms with Gasteiger partial charge in [0.15, 0.2) is 21.3 Å². The summed E-state index contributed by atoms with van der Waals surface area (Å²) >= 11 is 0. The van der Waals surface area contributed by atoms with Gasteiger partial charge in [0.1, 0.15) is 17.4 Å². The Hall–Kier alpha value is -4.52. The number of benzene rings is 4. The molecule has 0 fully saturated rings. The van der Waals surface area contributed by atoms with Crippen molar-refractivity contribution in [3.8, 4) is 29.9 Å². The SMILES string of the molecule is C#CC(C)(C#Cc1ccccc1)OC(=O)COc1ccc([S+](c2ccc(F)cc2)c2ccc(F)cc2)cc1. The number of halogens is 2. The predicted octanol–water partition coefficient (Wildman–Crippen LogP) is 6.43. The van der Waals surface area contributed by atoms with Crippen LogP contribution in [0.5, 0.6) is 5.75 Å². The molecular weight excluding hydrogens is 502 g/mol. The third-order valence-corrected chi connectivity index (χ3v) is 7.56. The van der Waals surface area contributed by atoms with Gasteiger partial charge in [-0.15, -0.1) is 6.42 Å². The van der Waals surface area contributed by atoms with Gasteiger partial charge >= 0.3 is 5.97 Å². The first kappa shape index (κ1) is 26.5. The molecular formula is C32H23F2O3S+. The summed E-state index contributed by atoms with van der Waals surface area (Å²) in [7, 11) is -0.603. The minimum atomic E-state index is -1.40. The van der Waals surface area contributed by atoms with Gasteiger partial charge in [-0.25, -0.2) is 13.6 Å². The molecule has 0 aliphatic heterocycles. The standard InChI is InChI=1S/C32H23F2O3S/c1-3-32(2,22-21-24-7-5-4-6-8-24)37-31(35)23-36-27-13-19-30(20-14-27)38(28-15-9-25(33)10-16-28)29-17-11-26(34)12-18-29/h1,4-20H,23H2,2H3/q+1. The zero-order valence-corrected chi connectivity index (χ0v) is 21.3. The van der Waals surface area contributed by atoms with Gasteiger partial charge in [-0.3, -0.25) is 0 Å². The second kappa shape index (κ2) is 12.1. The molecule has 1 atom stereocenters. The topological polar surface area (TPSA) is 35.5 Å². The van der Waals surface area contributed by atoms with Gasteiger partial charge < -0.3 is 9.47 Å². The van der Waals surface area contributed by atoms with Crippen LogP contribution in [0.1, 0.15) is 12.5 Å². The molecule has 1 unspecified atom stereocenters. The molecule has 0 radical (unpaired) electrons. The first-order chi connectivity index (χ1) is 18.3. The van der Waals surface area contributed by atoms with Crippen LogP contribution in [0.15, 0.2) is 118 Å². The summed E-state index contributed by atoms with van der Waals surface area (Å²) in [4.78, 5) is 15.1. The van der Waals surface area contributed by atoms with Crippen molar-refractivity contribution in [3.63, 3.8) is 0 Å². The summed E-state index contributed by atoms with van der Waals surface area (Å²) in [5.41, 5.74) is -0.652. The Balaban J connectivity index is 1.44. The minimum absolute atomic E-state index is 0.334. The lowest BCUT2D eigenvalue weighted by molar-refractivity contribution is -0.151. The number of esters is 1. The van der Waals surface area contributed by atoms with Crippen LogP contribution in [0, 0.1) is 35.8 Å². The van der Waals surface area contributed by atoms with Gasteiger partial charge in [-0.1, -0.05) is 24.1 Å². The average molecular weight is 526 g/mol. The number of carbonyl (C=O) groups excluding carboxylic acids is 1. The third kappa shape index (κ3) is 7.03. The van der Waals surface area contributed by atoms with Crippen molar-refractivity contribution < 1.29 is 23.0 Å². The Morgan fingerprint density at radius 1 is 0.816 bits per heavy atom. The molecule has 4 aromatic carbocycles. The highest BCUT2D eigenvalue weighted by Gasteiger charge is 2.29. The summed E-state index contributed by atoms with van der Waals surface area (Å²) in [5, 5.41) is 0. The predicted molar refractivity (Wildman–Crippen MR) is 144 cm³/mol. The summed E-state index contributed by atoms with van der Waals surface area (Å²) in [5.74, 6) is 7.27. The first-order valence-corrected chi connectivity index (χ1v) is 12.8. The van der Waals surface area contributed by atoms with E-state index in [1.165, 1.54) is 24.3 Å². The molecule has 0 amide bonds. The van der Waals surface area contributed by atoms with Gasteiger partial charge in [-0.05, 0) is 104 Å². The highest BCUT2D eigenvalue weighted by atomic mass is 32.2. The molecule has 0 bridgehead atoms. The lowest BCUT2D eigenvalue weighted by atomic mass is 10.1. The third-order valence-electron chi connectivity index (χ3n) is 5.33. The lowest BCUT2D eigenvalue weighted by Crippen LogP contribution is -2.31. The number of terminal acetylenes is 1. The van der Waals surface area contributed by atoms with Crippen molar-refractivity contribution >= 4 is 16.9 Å². The molecule has 0 spiro atoms. The monoisotopic (exact) mass is 525 g/mol. The molecule has 0 N–H and O–H groups in total. The fourth-order valence-electron chi connectivity index (χ4n) is 3.42. The Bertz CT molecular complexity index is 1440. The number of rotatable bonds is 7. The highest BCUT2D eigenvalue weighted by molar-refractivity contribution is 7.97. The van der Waals surface area contributed by atoms with E-state index in [0.29, 0.717) is 5.75 Å². The fraction of sp³-hybridized carbons (Fsp3) is 0.0938. The van der Waals surface area contributed by atoms with E-state index in [2.05, 4.69) is 17.8 Å². The van der Waals surface area contributed by atoms with Crippen LogP contribution < -0.4 is 4.74 Å². The smallest absolute Gasteiger partial charge is 0.346 e. The van der Waals surface area contributed by atoms with Crippen molar-refractivity contribution in [2.45, 2.75) is 27.2 Å². The fourth-order valence-corrected chi connectivity index (χ4v) is 5.47. The van der Waals surface area contributed by atoms with Crippen molar-refractivity contribution in [2.75, 3.05) is 6.61 Å². The first-order valence-electron chi connectivity index (χ1n) is 11.6. The van der Waals surface area contributed by atoms with Crippen molar-refractivity contribution in [3.05, 3.63) is 120 Å². The van der Waals surface area contributed by atoms with E-state index in [9.17, 15) is 13.6 Å². The van der Waals surface area contributed by atoms with Crippen LogP contribution in [-0.2, 0) is 20.4 Å². The molecule has 0 saturated heterocycles. The molecule has 0 aliphatic carbocycles. The molecule has 38 heavy (non-hydrogen) atoms. The summed E-state index contributed by atoms with van der Waals surface area (Å²) in [6.45, 7) is 1.19. The zero-order chi connectivity index (χ0) is 27.0. The van der Waals surface area contributed by atoms with Crippen LogP contribution in [-0.4, -0.2) is 18.2 Å². The molecule has 3 nitrogen and oxygen atoms in total. The average Bonchev–Trinajstić information content (AvgIpc) is 2.94. The molecule has 0 aliphatic rings. The van der Waals surface area contributed by atoms with Crippen LogP contribution >= 0.6 is 0 Å². The Labute approximate surface area is 223 Å². The van der Waals surface area contributed by atoms with E-state index in [-0.39, 0.29) is 18.2 Å². The summed E-state index contributed by atoms with van der Waals surface area (Å²) < 4.78 is 38.1. The molecule has 0 heterocycles. The van der Waals surface area contributed by atoms with E-state index >= 15 is 0 Å². The van der Waals surface area contributed by atoms with Crippen LogP contribution in [0.25, 0.3) is 0 Å². The van der Waals surface area contributed by atoms with E-state index in [1.54, 1.807) is 43.3 Å². The maximum atomic E-state index is 13.5. The maximum Gasteiger partial charge on any atom is 0.346 e. The van der Waals surface area contributed by atoms with E-state index < -0.39 is 22.5 Å². The Morgan fingerprint density at radius 3 is 1.82 bits per heavy atom. The van der Waals surface area contributed by atoms with Crippen LogP contribution in [0.3, 0.4) is 0 Å². The normalized spacial score (nSPS) is 12.0. The largest absolute Gasteiger partial charge is 0.482 e. The molecule has 4 rings (SSSR count). The van der Waals surface area contributed by atoms with Gasteiger partial charge in [0.2, 0.25) is 5.60 Å². The number of hydrogen-bond donors (Lipinski definition) is 0. The van der Waals surface area contributed by atoms with Gasteiger partial charge in [0, 0.05) is 5.56 Å². The van der Waals surface area contributed by atoms with Gasteiger partial charge in [-0.2, -0.15) is 0 Å². The number of hydrogen-bond acceptors (Lipinski definition) is 3. The Kier molecular flexibility index (Phi) is 8.48. The summed E-state index contributed by atoms with van der Waals surface area (Å²) in [6, 6.07) is 28.9. The lowest BCUT2D eigenvalue weighted by Gasteiger charge is -2.18. The second-order valence-corrected chi connectivity index (χ2v) is 10.3. The van der Waals surface area contributed by atoms with Crippen molar-refractivity contribution in [1.29, 1.82) is 0 Å². The van der Waals surface area contributed by atoms with Crippen LogP contribution in [0.4, 0.5) is 8.78 Å². The van der Waals surface area contributed by atoms with Crippen molar-refractivity contribution in [1.82, 2.24) is 0 Å². The van der Waals surface area contributed by atoms with E-state index in [4.69, 9.17) is 15.9 Å². The molecule has 0 aromatic heterocycles. The molecule has 188 valence electrons. The summed E-state index contributed by atoms with van der Waals surface area (Å²) in [6.07, 6.45) is 5.57. The van der Waals surface area contributed by atoms with Crippen LogP contribution in [0.2, 0.25) is 0 Å². The number of ether oxygens (including phenoxy) is 2. The van der Waals surface area contributed by atoms with E-state index in [1.807, 2.05) is 42.5 Å². The quantitative estimate of drug-likeness (QED) is 0.159. The Morgan fingerprint density at radius 2 is 1.32 bits per heavy atom. The maximum absolute atomic E-state index is 13.5. The molecule has 0 saturated carbocycles. The van der Waals surface area contributed by atoms with Gasteiger partial charge in [0.25, 0.3) is 0 Å².